The molecule has 3 heteroatoms. The van der Waals surface area contributed by atoms with Gasteiger partial charge in [-0.15, -0.1) is 0 Å². The van der Waals surface area contributed by atoms with E-state index in [1.807, 2.05) is 18.2 Å². The van der Waals surface area contributed by atoms with Crippen LogP contribution in [0.15, 0.2) is 18.2 Å². The zero-order valence-electron chi connectivity index (χ0n) is 9.89. The fourth-order valence-corrected chi connectivity index (χ4v) is 2.39. The minimum Gasteiger partial charge on any atom is -0.490 e. The van der Waals surface area contributed by atoms with E-state index in [2.05, 4.69) is 0 Å². The third-order valence-corrected chi connectivity index (χ3v) is 3.71. The van der Waals surface area contributed by atoms with Crippen molar-refractivity contribution in [3.8, 4) is 11.5 Å². The van der Waals surface area contributed by atoms with Crippen LogP contribution < -0.4 is 9.47 Å². The zero-order valence-corrected chi connectivity index (χ0v) is 9.89. The molecule has 0 amide bonds. The van der Waals surface area contributed by atoms with Crippen molar-refractivity contribution in [2.45, 2.75) is 31.8 Å². The average Bonchev–Trinajstić information content (AvgIpc) is 2.50. The molecule has 1 fully saturated rings. The predicted octanol–water partition coefficient (Wildman–Crippen LogP) is 2.68. The summed E-state index contributed by atoms with van der Waals surface area (Å²) in [6.07, 6.45) is 4.08. The molecular weight excluding hydrogens is 216 g/mol. The second-order valence-corrected chi connectivity index (χ2v) is 4.89. The molecule has 3 rings (SSSR count). The minimum absolute atomic E-state index is 0.346. The molecule has 3 nitrogen and oxygen atoms in total. The number of aliphatic hydroxyl groups is 1. The summed E-state index contributed by atoms with van der Waals surface area (Å²) < 4.78 is 11.2. The second kappa shape index (κ2) is 4.57. The zero-order chi connectivity index (χ0) is 11.7. The molecular formula is C14H18O3. The highest BCUT2D eigenvalue weighted by atomic mass is 16.5. The maximum Gasteiger partial charge on any atom is 0.161 e. The van der Waals surface area contributed by atoms with E-state index in [-0.39, 0.29) is 6.10 Å². The summed E-state index contributed by atoms with van der Waals surface area (Å²) in [5.41, 5.74) is 0.957. The summed E-state index contributed by atoms with van der Waals surface area (Å²) in [6, 6.07) is 5.80. The maximum absolute atomic E-state index is 10.2. The highest BCUT2D eigenvalue weighted by molar-refractivity contribution is 5.44. The lowest BCUT2D eigenvalue weighted by Crippen LogP contribution is -2.19. The van der Waals surface area contributed by atoms with Crippen LogP contribution in [-0.4, -0.2) is 18.3 Å². The molecule has 1 saturated carbocycles. The Morgan fingerprint density at radius 2 is 1.82 bits per heavy atom. The van der Waals surface area contributed by atoms with Gasteiger partial charge in [0.2, 0.25) is 0 Å². The average molecular weight is 234 g/mol. The van der Waals surface area contributed by atoms with Crippen molar-refractivity contribution in [3.63, 3.8) is 0 Å². The van der Waals surface area contributed by atoms with Gasteiger partial charge in [-0.25, -0.2) is 0 Å². The standard InChI is InChI=1S/C14H18O3/c15-14(10-3-1-4-10)11-5-6-12-13(9-11)17-8-2-7-16-12/h5-6,9-10,14-15H,1-4,7-8H2. The number of fused-ring (bicyclic) bond motifs is 1. The van der Waals surface area contributed by atoms with Crippen LogP contribution in [0.4, 0.5) is 0 Å². The van der Waals surface area contributed by atoms with E-state index in [1.54, 1.807) is 0 Å². The second-order valence-electron chi connectivity index (χ2n) is 4.89. The number of hydrogen-bond acceptors (Lipinski definition) is 3. The van der Waals surface area contributed by atoms with Crippen LogP contribution in [-0.2, 0) is 0 Å². The van der Waals surface area contributed by atoms with E-state index in [1.165, 1.54) is 6.42 Å². The summed E-state index contributed by atoms with van der Waals surface area (Å²) in [4.78, 5) is 0. The molecule has 1 aliphatic carbocycles. The molecule has 1 aromatic carbocycles. The molecule has 0 saturated heterocycles. The van der Waals surface area contributed by atoms with Crippen molar-refractivity contribution in [2.75, 3.05) is 13.2 Å². The molecule has 1 aromatic rings. The lowest BCUT2D eigenvalue weighted by Gasteiger charge is -2.30. The van der Waals surface area contributed by atoms with E-state index >= 15 is 0 Å². The van der Waals surface area contributed by atoms with Gasteiger partial charge in [0.05, 0.1) is 19.3 Å². The van der Waals surface area contributed by atoms with Crippen LogP contribution in [0.25, 0.3) is 0 Å². The van der Waals surface area contributed by atoms with Crippen LogP contribution in [0, 0.1) is 5.92 Å². The Morgan fingerprint density at radius 3 is 2.53 bits per heavy atom. The van der Waals surface area contributed by atoms with E-state index in [9.17, 15) is 5.11 Å². The number of rotatable bonds is 2. The Kier molecular flexibility index (Phi) is 2.93. The fraction of sp³-hybridized carbons (Fsp3) is 0.571. The smallest absolute Gasteiger partial charge is 0.161 e. The number of ether oxygens (including phenoxy) is 2. The van der Waals surface area contributed by atoms with Gasteiger partial charge in [0.15, 0.2) is 11.5 Å². The molecule has 2 aliphatic rings. The molecule has 0 aromatic heterocycles. The summed E-state index contributed by atoms with van der Waals surface area (Å²) in [5, 5.41) is 10.2. The maximum atomic E-state index is 10.2. The van der Waals surface area contributed by atoms with Gasteiger partial charge in [-0.05, 0) is 36.5 Å². The third-order valence-electron chi connectivity index (χ3n) is 3.71. The normalized spacial score (nSPS) is 21.5. The minimum atomic E-state index is -0.346. The molecule has 0 spiro atoms. The van der Waals surface area contributed by atoms with Crippen molar-refractivity contribution in [1.29, 1.82) is 0 Å². The van der Waals surface area contributed by atoms with E-state index in [4.69, 9.17) is 9.47 Å². The topological polar surface area (TPSA) is 38.7 Å². The summed E-state index contributed by atoms with van der Waals surface area (Å²) in [5.74, 6) is 2.00. The number of aliphatic hydroxyl groups excluding tert-OH is 1. The Hall–Kier alpha value is -1.22. The number of benzene rings is 1. The summed E-state index contributed by atoms with van der Waals surface area (Å²) in [6.45, 7) is 1.40. The molecule has 1 aliphatic heterocycles. The van der Waals surface area contributed by atoms with Gasteiger partial charge in [-0.3, -0.25) is 0 Å². The monoisotopic (exact) mass is 234 g/mol. The van der Waals surface area contributed by atoms with Crippen molar-refractivity contribution >= 4 is 0 Å². The molecule has 1 atom stereocenters. The first-order valence-electron chi connectivity index (χ1n) is 6.42. The van der Waals surface area contributed by atoms with Gasteiger partial charge in [-0.2, -0.15) is 0 Å². The van der Waals surface area contributed by atoms with Crippen LogP contribution in [0.1, 0.15) is 37.4 Å². The first-order chi connectivity index (χ1) is 8.34. The van der Waals surface area contributed by atoms with Gasteiger partial charge in [0.25, 0.3) is 0 Å². The van der Waals surface area contributed by atoms with Gasteiger partial charge in [0.1, 0.15) is 0 Å². The third kappa shape index (κ3) is 2.12. The van der Waals surface area contributed by atoms with E-state index in [0.29, 0.717) is 19.1 Å². The van der Waals surface area contributed by atoms with Crippen molar-refractivity contribution in [2.24, 2.45) is 5.92 Å². The highest BCUT2D eigenvalue weighted by Crippen LogP contribution is 2.40. The molecule has 1 heterocycles. The van der Waals surface area contributed by atoms with Crippen LogP contribution in [0.2, 0.25) is 0 Å². The molecule has 92 valence electrons. The first kappa shape index (κ1) is 10.9. The van der Waals surface area contributed by atoms with Crippen LogP contribution in [0.5, 0.6) is 11.5 Å². The van der Waals surface area contributed by atoms with Crippen molar-refractivity contribution in [1.82, 2.24) is 0 Å². The molecule has 0 radical (unpaired) electrons. The summed E-state index contributed by atoms with van der Waals surface area (Å²) >= 11 is 0. The number of hydrogen-bond donors (Lipinski definition) is 1. The van der Waals surface area contributed by atoms with Gasteiger partial charge in [-0.1, -0.05) is 12.5 Å². The molecule has 1 N–H and O–H groups in total. The summed E-state index contributed by atoms with van der Waals surface area (Å²) in [7, 11) is 0. The Morgan fingerprint density at radius 1 is 1.06 bits per heavy atom. The molecule has 17 heavy (non-hydrogen) atoms. The fourth-order valence-electron chi connectivity index (χ4n) is 2.39. The SMILES string of the molecule is OC(c1ccc2c(c1)OCCCO2)C1CCC1. The Balaban J connectivity index is 1.83. The quantitative estimate of drug-likeness (QED) is 0.855. The van der Waals surface area contributed by atoms with Gasteiger partial charge < -0.3 is 14.6 Å². The van der Waals surface area contributed by atoms with Crippen molar-refractivity contribution in [3.05, 3.63) is 23.8 Å². The van der Waals surface area contributed by atoms with Gasteiger partial charge in [0, 0.05) is 6.42 Å². The predicted molar refractivity (Wildman–Crippen MR) is 64.3 cm³/mol. The first-order valence-corrected chi connectivity index (χ1v) is 6.42. The van der Waals surface area contributed by atoms with Crippen molar-refractivity contribution < 1.29 is 14.6 Å². The van der Waals surface area contributed by atoms with E-state index in [0.717, 1.165) is 36.3 Å². The lowest BCUT2D eigenvalue weighted by molar-refractivity contribution is 0.0618. The molecule has 0 bridgehead atoms. The Labute approximate surface area is 101 Å². The van der Waals surface area contributed by atoms with Gasteiger partial charge >= 0.3 is 0 Å². The molecule has 1 unspecified atom stereocenters. The highest BCUT2D eigenvalue weighted by Gasteiger charge is 2.27. The van der Waals surface area contributed by atoms with E-state index < -0.39 is 0 Å². The van der Waals surface area contributed by atoms with Crippen LogP contribution >= 0.6 is 0 Å². The van der Waals surface area contributed by atoms with Crippen LogP contribution in [0.3, 0.4) is 0 Å². The Bertz CT molecular complexity index is 398. The lowest BCUT2D eigenvalue weighted by atomic mass is 9.79. The largest absolute Gasteiger partial charge is 0.490 e.